The van der Waals surface area contributed by atoms with Gasteiger partial charge in [0.15, 0.2) is 6.61 Å². The number of aromatic amines is 1. The predicted molar refractivity (Wildman–Crippen MR) is 161 cm³/mol. The number of ether oxygens (including phenoxy) is 3. The summed E-state index contributed by atoms with van der Waals surface area (Å²) in [6.45, 7) is 6.43. The van der Waals surface area contributed by atoms with Gasteiger partial charge in [-0.05, 0) is 51.1 Å². The minimum atomic E-state index is -0.862. The Morgan fingerprint density at radius 2 is 1.95 bits per heavy atom. The molecule has 230 valence electrons. The van der Waals surface area contributed by atoms with Crippen LogP contribution in [0.15, 0.2) is 47.7 Å². The molecule has 3 aliphatic heterocycles. The summed E-state index contributed by atoms with van der Waals surface area (Å²) in [5.74, 6) is -1.70. The number of hydrogen-bond donors (Lipinski definition) is 3. The Morgan fingerprint density at radius 1 is 1.16 bits per heavy atom. The first-order valence-electron chi connectivity index (χ1n) is 14.0. The fourth-order valence-corrected chi connectivity index (χ4v) is 6.78. The monoisotopic (exact) mass is 622 g/mol. The van der Waals surface area contributed by atoms with E-state index in [0.29, 0.717) is 23.6 Å². The number of carbonyl (C=O) groups is 4. The lowest BCUT2D eigenvalue weighted by Gasteiger charge is -2.49. The molecule has 6 rings (SSSR count). The maximum absolute atomic E-state index is 13.8. The zero-order chi connectivity index (χ0) is 31.3. The Hall–Kier alpha value is -4.52. The van der Waals surface area contributed by atoms with Gasteiger partial charge in [-0.25, -0.2) is 9.18 Å². The molecular weight excluding hydrogens is 591 g/mol. The molecule has 13 heteroatoms. The van der Waals surface area contributed by atoms with E-state index in [-0.39, 0.29) is 24.7 Å². The van der Waals surface area contributed by atoms with E-state index in [4.69, 9.17) is 14.2 Å². The summed E-state index contributed by atoms with van der Waals surface area (Å²) < 4.78 is 30.2. The Kier molecular flexibility index (Phi) is 7.52. The van der Waals surface area contributed by atoms with Crippen LogP contribution in [0.3, 0.4) is 0 Å². The third-order valence-electron chi connectivity index (χ3n) is 7.36. The maximum Gasteiger partial charge on any atom is 0.355 e. The molecule has 2 amide bonds. The maximum atomic E-state index is 13.8. The molecular formula is C31H31FN4O7S. The number of nitrogens with one attached hydrogen (secondary N) is 3. The molecule has 3 aromatic rings. The molecule has 0 bridgehead atoms. The van der Waals surface area contributed by atoms with E-state index in [1.165, 1.54) is 35.7 Å². The van der Waals surface area contributed by atoms with Crippen LogP contribution in [0.25, 0.3) is 22.2 Å². The van der Waals surface area contributed by atoms with Gasteiger partial charge in [-0.3, -0.25) is 19.3 Å². The molecule has 2 unspecified atom stereocenters. The fourth-order valence-electron chi connectivity index (χ4n) is 5.46. The number of carbonyl (C=O) groups excluding carboxylic acids is 4. The minimum absolute atomic E-state index is 0.0430. The largest absolute Gasteiger partial charge is 0.484 e. The predicted octanol–water partition coefficient (Wildman–Crippen LogP) is 3.84. The van der Waals surface area contributed by atoms with Crippen LogP contribution in [-0.2, 0) is 35.2 Å². The van der Waals surface area contributed by atoms with Crippen molar-refractivity contribution < 1.29 is 37.8 Å². The molecule has 1 aromatic heterocycles. The number of esters is 2. The number of thioether (sulfide) groups is 1. The molecule has 2 aromatic carbocycles. The molecule has 3 N–H and O–H groups in total. The second kappa shape index (κ2) is 11.2. The van der Waals surface area contributed by atoms with Gasteiger partial charge in [-0.2, -0.15) is 0 Å². The standard InChI is InChI=1S/C31H31FN4O7S/c1-15(37)41-12-16-14-44-29-26(28(39)36(29)27(16)30(40)43-31(2,3)4)35-24(38)13-42-18-6-7-19-23(10-18)33-11-21-20-9-17(32)5-8-22(20)34-25(19)21/h5-10,26,29,33-34H,11-14H2,1-4H3,(H,35,38). The van der Waals surface area contributed by atoms with Crippen LogP contribution in [0.2, 0.25) is 0 Å². The van der Waals surface area contributed by atoms with Crippen molar-refractivity contribution in [3.63, 3.8) is 0 Å². The van der Waals surface area contributed by atoms with Crippen molar-refractivity contribution in [2.24, 2.45) is 0 Å². The number of H-pyrrole nitrogens is 1. The number of fused-ring (bicyclic) bond motifs is 6. The average Bonchev–Trinajstić information content (AvgIpc) is 3.34. The van der Waals surface area contributed by atoms with Gasteiger partial charge >= 0.3 is 11.9 Å². The molecule has 0 radical (unpaired) electrons. The third kappa shape index (κ3) is 5.59. The first-order chi connectivity index (χ1) is 20.9. The molecule has 2 atom stereocenters. The SMILES string of the molecule is CC(=O)OCC1=C(C(=O)OC(C)(C)C)N2C(=O)C(NC(=O)COc3ccc4c(c3)NCc3c-4[nH]c4ccc(F)cc34)C2SC1. The normalized spacial score (nSPS) is 18.8. The van der Waals surface area contributed by atoms with Gasteiger partial charge in [0.25, 0.3) is 11.8 Å². The van der Waals surface area contributed by atoms with Crippen LogP contribution in [0.4, 0.5) is 10.1 Å². The van der Waals surface area contributed by atoms with Crippen molar-refractivity contribution in [1.82, 2.24) is 15.2 Å². The van der Waals surface area contributed by atoms with Gasteiger partial charge < -0.3 is 29.8 Å². The van der Waals surface area contributed by atoms with E-state index in [1.54, 1.807) is 39.0 Å². The Balaban J connectivity index is 1.10. The van der Waals surface area contributed by atoms with Crippen LogP contribution in [0.5, 0.6) is 5.75 Å². The second-order valence-electron chi connectivity index (χ2n) is 11.7. The minimum Gasteiger partial charge on any atom is -0.484 e. The molecule has 44 heavy (non-hydrogen) atoms. The van der Waals surface area contributed by atoms with Crippen molar-refractivity contribution in [1.29, 1.82) is 0 Å². The molecule has 3 aliphatic rings. The Bertz CT molecular complexity index is 1740. The number of nitrogens with zero attached hydrogens (tertiary/aromatic N) is 1. The van der Waals surface area contributed by atoms with Gasteiger partial charge in [-0.1, -0.05) is 0 Å². The number of aromatic nitrogens is 1. The van der Waals surface area contributed by atoms with Crippen LogP contribution in [0, 0.1) is 5.82 Å². The lowest BCUT2D eigenvalue weighted by Crippen LogP contribution is -2.71. The summed E-state index contributed by atoms with van der Waals surface area (Å²) in [6.07, 6.45) is 0. The van der Waals surface area contributed by atoms with Crippen LogP contribution >= 0.6 is 11.8 Å². The highest BCUT2D eigenvalue weighted by Crippen LogP contribution is 2.42. The van der Waals surface area contributed by atoms with Crippen LogP contribution in [0.1, 0.15) is 33.3 Å². The van der Waals surface area contributed by atoms with Crippen molar-refractivity contribution >= 4 is 52.1 Å². The first kappa shape index (κ1) is 29.5. The summed E-state index contributed by atoms with van der Waals surface area (Å²) in [6, 6.07) is 9.18. The van der Waals surface area contributed by atoms with Crippen molar-refractivity contribution in [2.45, 2.75) is 51.3 Å². The second-order valence-corrected chi connectivity index (χ2v) is 12.8. The van der Waals surface area contributed by atoms with Crippen molar-refractivity contribution in [3.8, 4) is 17.0 Å². The zero-order valence-corrected chi connectivity index (χ0v) is 25.4. The van der Waals surface area contributed by atoms with Crippen LogP contribution < -0.4 is 15.4 Å². The molecule has 1 saturated heterocycles. The van der Waals surface area contributed by atoms with Gasteiger partial charge in [0, 0.05) is 58.6 Å². The molecule has 11 nitrogen and oxygen atoms in total. The lowest BCUT2D eigenvalue weighted by molar-refractivity contribution is -0.159. The number of anilines is 1. The summed E-state index contributed by atoms with van der Waals surface area (Å²) in [7, 11) is 0. The van der Waals surface area contributed by atoms with Gasteiger partial charge in [0.2, 0.25) is 0 Å². The zero-order valence-electron chi connectivity index (χ0n) is 24.5. The number of amides is 2. The lowest BCUT2D eigenvalue weighted by atomic mass is 9.99. The van der Waals surface area contributed by atoms with E-state index in [9.17, 15) is 23.6 Å². The quantitative estimate of drug-likeness (QED) is 0.265. The van der Waals surface area contributed by atoms with E-state index in [0.717, 1.165) is 33.4 Å². The topological polar surface area (TPSA) is 139 Å². The van der Waals surface area contributed by atoms with E-state index >= 15 is 0 Å². The average molecular weight is 623 g/mol. The van der Waals surface area contributed by atoms with E-state index in [2.05, 4.69) is 15.6 Å². The summed E-state index contributed by atoms with van der Waals surface area (Å²) >= 11 is 1.35. The van der Waals surface area contributed by atoms with Gasteiger partial charge in [-0.15, -0.1) is 11.8 Å². The van der Waals surface area contributed by atoms with E-state index < -0.39 is 40.8 Å². The first-order valence-corrected chi connectivity index (χ1v) is 15.1. The summed E-state index contributed by atoms with van der Waals surface area (Å²) in [4.78, 5) is 55.1. The highest BCUT2D eigenvalue weighted by atomic mass is 32.2. The number of halogens is 1. The third-order valence-corrected chi connectivity index (χ3v) is 8.70. The van der Waals surface area contributed by atoms with Gasteiger partial charge in [0.1, 0.15) is 40.9 Å². The highest BCUT2D eigenvalue weighted by Gasteiger charge is 2.54. The van der Waals surface area contributed by atoms with E-state index in [1.807, 2.05) is 6.07 Å². The molecule has 0 spiro atoms. The van der Waals surface area contributed by atoms with Crippen molar-refractivity contribution in [3.05, 3.63) is 59.0 Å². The highest BCUT2D eigenvalue weighted by molar-refractivity contribution is 8.00. The van der Waals surface area contributed by atoms with Gasteiger partial charge in [0.05, 0.1) is 5.69 Å². The summed E-state index contributed by atoms with van der Waals surface area (Å²) in [5.41, 5.74) is 4.12. The molecule has 4 heterocycles. The molecule has 0 saturated carbocycles. The fraction of sp³-hybridized carbons (Fsp3) is 0.355. The Labute approximate surface area is 256 Å². The van der Waals surface area contributed by atoms with Crippen molar-refractivity contribution in [2.75, 3.05) is 24.3 Å². The molecule has 1 fully saturated rings. The number of rotatable bonds is 7. The Morgan fingerprint density at radius 3 is 2.70 bits per heavy atom. The summed E-state index contributed by atoms with van der Waals surface area (Å²) in [5, 5.41) is 6.35. The number of β-lactam (4-membered cyclic amide) rings is 1. The van der Waals surface area contributed by atoms with Crippen LogP contribution in [-0.4, -0.2) is 69.6 Å². The molecule has 0 aliphatic carbocycles. The number of hydrogen-bond acceptors (Lipinski definition) is 9. The smallest absolute Gasteiger partial charge is 0.355 e. The number of benzene rings is 2.